The van der Waals surface area contributed by atoms with Gasteiger partial charge in [0.1, 0.15) is 0 Å². The number of hydrogen-bond donors (Lipinski definition) is 2. The molecule has 0 radical (unpaired) electrons. The van der Waals surface area contributed by atoms with Crippen LogP contribution in [0.25, 0.3) is 0 Å². The van der Waals surface area contributed by atoms with Crippen molar-refractivity contribution in [2.24, 2.45) is 0 Å². The molecule has 0 fully saturated rings. The van der Waals surface area contributed by atoms with Crippen molar-refractivity contribution < 1.29 is 19.1 Å². The number of esters is 1. The number of aryl methyl sites for hydroxylation is 1. The molecule has 0 bridgehead atoms. The number of benzene rings is 2. The lowest BCUT2D eigenvalue weighted by molar-refractivity contribution is -0.124. The van der Waals surface area contributed by atoms with Crippen LogP contribution in [0, 0.1) is 6.92 Å². The van der Waals surface area contributed by atoms with E-state index in [9.17, 15) is 14.4 Å². The van der Waals surface area contributed by atoms with Gasteiger partial charge in [0.25, 0.3) is 11.8 Å². The minimum atomic E-state index is -0.668. The van der Waals surface area contributed by atoms with Gasteiger partial charge in [0.2, 0.25) is 0 Å². The fourth-order valence-corrected chi connectivity index (χ4v) is 2.78. The molecule has 0 aliphatic carbocycles. The molecule has 2 rings (SSSR count). The number of anilines is 1. The molecule has 0 aromatic heterocycles. The van der Waals surface area contributed by atoms with E-state index < -0.39 is 5.97 Å². The van der Waals surface area contributed by atoms with Crippen LogP contribution in [-0.2, 0) is 9.53 Å². The summed E-state index contributed by atoms with van der Waals surface area (Å²) in [5.41, 5.74) is 1.98. The van der Waals surface area contributed by atoms with Gasteiger partial charge in [0, 0.05) is 11.6 Å². The minimum Gasteiger partial charge on any atom is -0.452 e. The van der Waals surface area contributed by atoms with Crippen molar-refractivity contribution in [3.05, 3.63) is 65.2 Å². The van der Waals surface area contributed by atoms with E-state index in [0.717, 1.165) is 18.4 Å². The third-order valence-electron chi connectivity index (χ3n) is 4.14. The van der Waals surface area contributed by atoms with E-state index in [0.29, 0.717) is 11.3 Å². The van der Waals surface area contributed by atoms with E-state index in [1.165, 1.54) is 0 Å². The number of amides is 2. The SMILES string of the molecule is CCC[C@H](C)NC(=O)COC(=O)c1ccccc1NC(=O)c1cccc(C)c1. The summed E-state index contributed by atoms with van der Waals surface area (Å²) >= 11 is 0. The van der Waals surface area contributed by atoms with Gasteiger partial charge >= 0.3 is 5.97 Å². The van der Waals surface area contributed by atoms with Gasteiger partial charge in [-0.15, -0.1) is 0 Å². The molecular weight excluding hydrogens is 356 g/mol. The third-order valence-corrected chi connectivity index (χ3v) is 4.14. The van der Waals surface area contributed by atoms with Gasteiger partial charge in [-0.1, -0.05) is 43.2 Å². The zero-order valence-electron chi connectivity index (χ0n) is 16.5. The van der Waals surface area contributed by atoms with Crippen molar-refractivity contribution in [1.82, 2.24) is 5.32 Å². The minimum absolute atomic E-state index is 0.0251. The van der Waals surface area contributed by atoms with Gasteiger partial charge in [0.05, 0.1) is 11.3 Å². The second-order valence-electron chi connectivity index (χ2n) is 6.70. The summed E-state index contributed by atoms with van der Waals surface area (Å²) in [6, 6.07) is 13.7. The van der Waals surface area contributed by atoms with Crippen LogP contribution in [0.1, 0.15) is 53.0 Å². The summed E-state index contributed by atoms with van der Waals surface area (Å²) in [6.07, 6.45) is 1.81. The highest BCUT2D eigenvalue weighted by Gasteiger charge is 2.17. The fraction of sp³-hybridized carbons (Fsp3) is 0.318. The number of carbonyl (C=O) groups is 3. The van der Waals surface area contributed by atoms with E-state index in [1.54, 1.807) is 42.5 Å². The molecule has 28 heavy (non-hydrogen) atoms. The Bertz CT molecular complexity index is 848. The molecule has 148 valence electrons. The summed E-state index contributed by atoms with van der Waals surface area (Å²) in [5.74, 6) is -1.34. The topological polar surface area (TPSA) is 84.5 Å². The fourth-order valence-electron chi connectivity index (χ4n) is 2.78. The number of carbonyl (C=O) groups excluding carboxylic acids is 3. The van der Waals surface area contributed by atoms with E-state index in [2.05, 4.69) is 10.6 Å². The van der Waals surface area contributed by atoms with Gasteiger partial charge < -0.3 is 15.4 Å². The summed E-state index contributed by atoms with van der Waals surface area (Å²) in [7, 11) is 0. The van der Waals surface area contributed by atoms with Crippen LogP contribution < -0.4 is 10.6 Å². The maximum atomic E-state index is 12.5. The molecule has 0 saturated heterocycles. The number of hydrogen-bond acceptors (Lipinski definition) is 4. The Morgan fingerprint density at radius 2 is 1.82 bits per heavy atom. The lowest BCUT2D eigenvalue weighted by Gasteiger charge is -2.14. The van der Waals surface area contributed by atoms with Crippen LogP contribution in [0.4, 0.5) is 5.69 Å². The highest BCUT2D eigenvalue weighted by atomic mass is 16.5. The molecule has 6 heteroatoms. The predicted molar refractivity (Wildman–Crippen MR) is 108 cm³/mol. The Morgan fingerprint density at radius 3 is 2.54 bits per heavy atom. The quantitative estimate of drug-likeness (QED) is 0.682. The Labute approximate surface area is 165 Å². The number of nitrogens with one attached hydrogen (secondary N) is 2. The van der Waals surface area contributed by atoms with E-state index in [1.807, 2.05) is 26.8 Å². The molecule has 0 aliphatic heterocycles. The van der Waals surface area contributed by atoms with Crippen molar-refractivity contribution in [1.29, 1.82) is 0 Å². The first-order valence-corrected chi connectivity index (χ1v) is 9.34. The zero-order valence-corrected chi connectivity index (χ0v) is 16.5. The predicted octanol–water partition coefficient (Wildman–Crippen LogP) is 3.71. The summed E-state index contributed by atoms with van der Waals surface area (Å²) in [5, 5.41) is 5.51. The van der Waals surface area contributed by atoms with Crippen LogP contribution >= 0.6 is 0 Å². The molecule has 2 aromatic carbocycles. The second-order valence-corrected chi connectivity index (χ2v) is 6.70. The first-order valence-electron chi connectivity index (χ1n) is 9.34. The van der Waals surface area contributed by atoms with E-state index >= 15 is 0 Å². The van der Waals surface area contributed by atoms with Crippen LogP contribution in [0.15, 0.2) is 48.5 Å². The van der Waals surface area contributed by atoms with Crippen molar-refractivity contribution >= 4 is 23.5 Å². The Morgan fingerprint density at radius 1 is 1.07 bits per heavy atom. The lowest BCUT2D eigenvalue weighted by Crippen LogP contribution is -2.35. The van der Waals surface area contributed by atoms with Crippen LogP contribution in [0.3, 0.4) is 0 Å². The highest BCUT2D eigenvalue weighted by Crippen LogP contribution is 2.18. The van der Waals surface area contributed by atoms with Gasteiger partial charge in [-0.05, 0) is 44.5 Å². The zero-order chi connectivity index (χ0) is 20.5. The van der Waals surface area contributed by atoms with E-state index in [4.69, 9.17) is 4.74 Å². The summed E-state index contributed by atoms with van der Waals surface area (Å²) < 4.78 is 5.11. The average molecular weight is 382 g/mol. The van der Waals surface area contributed by atoms with Gasteiger partial charge in [-0.25, -0.2) is 4.79 Å². The number of para-hydroxylation sites is 1. The molecule has 0 spiro atoms. The van der Waals surface area contributed by atoms with Gasteiger partial charge in [-0.3, -0.25) is 9.59 Å². The molecule has 0 heterocycles. The summed E-state index contributed by atoms with van der Waals surface area (Å²) in [4.78, 5) is 36.7. The normalized spacial score (nSPS) is 11.4. The number of rotatable bonds is 8. The molecule has 0 aliphatic rings. The maximum absolute atomic E-state index is 12.5. The van der Waals surface area contributed by atoms with Gasteiger partial charge in [0.15, 0.2) is 6.61 Å². The second kappa shape index (κ2) is 10.3. The Kier molecular flexibility index (Phi) is 7.75. The first kappa shape index (κ1) is 21.2. The molecule has 2 aromatic rings. The molecule has 1 atom stereocenters. The Balaban J connectivity index is 2.01. The smallest absolute Gasteiger partial charge is 0.340 e. The summed E-state index contributed by atoms with van der Waals surface area (Å²) in [6.45, 7) is 5.46. The largest absolute Gasteiger partial charge is 0.452 e. The third kappa shape index (κ3) is 6.23. The lowest BCUT2D eigenvalue weighted by atomic mass is 10.1. The van der Waals surface area contributed by atoms with Crippen molar-refractivity contribution in [2.45, 2.75) is 39.7 Å². The number of ether oxygens (including phenoxy) is 1. The van der Waals surface area contributed by atoms with Crippen LogP contribution in [0.5, 0.6) is 0 Å². The van der Waals surface area contributed by atoms with Crippen molar-refractivity contribution in [3.63, 3.8) is 0 Å². The molecule has 2 amide bonds. The van der Waals surface area contributed by atoms with Crippen LogP contribution in [0.2, 0.25) is 0 Å². The van der Waals surface area contributed by atoms with Crippen LogP contribution in [-0.4, -0.2) is 30.4 Å². The average Bonchev–Trinajstić information content (AvgIpc) is 2.66. The maximum Gasteiger partial charge on any atom is 0.340 e. The van der Waals surface area contributed by atoms with E-state index in [-0.39, 0.29) is 30.0 Å². The monoisotopic (exact) mass is 382 g/mol. The van der Waals surface area contributed by atoms with Crippen molar-refractivity contribution in [3.8, 4) is 0 Å². The standard InChI is InChI=1S/C22H26N2O4/c1-4-8-16(3)23-20(25)14-28-22(27)18-11-5-6-12-19(18)24-21(26)17-10-7-9-15(2)13-17/h5-7,9-13,16H,4,8,14H2,1-3H3,(H,23,25)(H,24,26)/t16-/m0/s1. The molecule has 0 unspecified atom stereocenters. The first-order chi connectivity index (χ1) is 13.4. The Hall–Kier alpha value is -3.15. The molecule has 2 N–H and O–H groups in total. The van der Waals surface area contributed by atoms with Gasteiger partial charge in [-0.2, -0.15) is 0 Å². The molecule has 6 nitrogen and oxygen atoms in total. The highest BCUT2D eigenvalue weighted by molar-refractivity contribution is 6.08. The molecular formula is C22H26N2O4. The van der Waals surface area contributed by atoms with Crippen molar-refractivity contribution in [2.75, 3.05) is 11.9 Å². The molecule has 0 saturated carbocycles.